The maximum Gasteiger partial charge on any atom is 0.306 e. The van der Waals surface area contributed by atoms with Gasteiger partial charge in [-0.25, -0.2) is 17.5 Å². The van der Waals surface area contributed by atoms with Gasteiger partial charge in [0.2, 0.25) is 15.8 Å². The van der Waals surface area contributed by atoms with Crippen molar-refractivity contribution in [3.63, 3.8) is 0 Å². The van der Waals surface area contributed by atoms with Crippen LogP contribution in [-0.2, 0) is 10.0 Å². The highest BCUT2D eigenvalue weighted by Crippen LogP contribution is 2.24. The lowest BCUT2D eigenvalue weighted by molar-refractivity contribution is -0.387. The molecular weight excluding hydrogens is 270 g/mol. The highest BCUT2D eigenvalue weighted by atomic mass is 32.2. The van der Waals surface area contributed by atoms with E-state index in [-0.39, 0.29) is 12.6 Å². The average molecular weight is 278 g/mol. The van der Waals surface area contributed by atoms with Gasteiger partial charge in [0.25, 0.3) is 0 Å². The summed E-state index contributed by atoms with van der Waals surface area (Å²) in [7, 11) is -4.29. The summed E-state index contributed by atoms with van der Waals surface area (Å²) in [6.45, 7) is 3.06. The van der Waals surface area contributed by atoms with Gasteiger partial charge in [0.15, 0.2) is 0 Å². The van der Waals surface area contributed by atoms with E-state index in [0.717, 1.165) is 0 Å². The zero-order valence-corrected chi connectivity index (χ0v) is 9.71. The van der Waals surface area contributed by atoms with E-state index in [4.69, 9.17) is 0 Å². The molecule has 0 atom stereocenters. The number of nitrogens with zero attached hydrogens (tertiary/aromatic N) is 1. The number of nitrogens with one attached hydrogen (secondary N) is 1. The van der Waals surface area contributed by atoms with E-state index in [1.165, 1.54) is 6.08 Å². The lowest BCUT2D eigenvalue weighted by atomic mass is 10.3. The second-order valence-corrected chi connectivity index (χ2v) is 4.87. The Hall–Kier alpha value is -1.87. The van der Waals surface area contributed by atoms with Crippen molar-refractivity contribution in [2.45, 2.75) is 4.90 Å². The summed E-state index contributed by atoms with van der Waals surface area (Å²) in [5.41, 5.74) is -1.12. The Labute approximate surface area is 101 Å². The van der Waals surface area contributed by atoms with E-state index in [0.29, 0.717) is 6.07 Å². The van der Waals surface area contributed by atoms with Gasteiger partial charge in [-0.05, 0) is 0 Å². The molecule has 1 rings (SSSR count). The van der Waals surface area contributed by atoms with Crippen molar-refractivity contribution in [3.8, 4) is 0 Å². The van der Waals surface area contributed by atoms with Crippen LogP contribution in [0.2, 0.25) is 0 Å². The molecular formula is C9H8F2N2O4S. The van der Waals surface area contributed by atoms with Gasteiger partial charge in [0.05, 0.1) is 4.92 Å². The van der Waals surface area contributed by atoms with E-state index in [2.05, 4.69) is 6.58 Å². The summed E-state index contributed by atoms with van der Waals surface area (Å²) in [5, 5.41) is 10.4. The zero-order chi connectivity index (χ0) is 13.9. The molecule has 0 spiro atoms. The van der Waals surface area contributed by atoms with E-state index >= 15 is 0 Å². The lowest BCUT2D eigenvalue weighted by Crippen LogP contribution is -2.24. The minimum atomic E-state index is -4.29. The first-order chi connectivity index (χ1) is 8.29. The molecule has 6 nitrogen and oxygen atoms in total. The molecule has 1 N–H and O–H groups in total. The van der Waals surface area contributed by atoms with Crippen LogP contribution in [0.4, 0.5) is 14.5 Å². The van der Waals surface area contributed by atoms with Gasteiger partial charge in [-0.15, -0.1) is 6.58 Å². The predicted molar refractivity (Wildman–Crippen MR) is 58.4 cm³/mol. The van der Waals surface area contributed by atoms with Crippen LogP contribution in [-0.4, -0.2) is 19.9 Å². The minimum Gasteiger partial charge on any atom is -0.258 e. The molecule has 9 heteroatoms. The first kappa shape index (κ1) is 14.2. The van der Waals surface area contributed by atoms with Crippen LogP contribution >= 0.6 is 0 Å². The maximum absolute atomic E-state index is 13.3. The molecule has 0 bridgehead atoms. The number of halogens is 2. The van der Waals surface area contributed by atoms with Gasteiger partial charge in [-0.3, -0.25) is 10.1 Å². The lowest BCUT2D eigenvalue weighted by Gasteiger charge is -2.06. The van der Waals surface area contributed by atoms with Crippen molar-refractivity contribution in [2.24, 2.45) is 0 Å². The van der Waals surface area contributed by atoms with Crippen molar-refractivity contribution < 1.29 is 22.1 Å². The molecule has 0 saturated heterocycles. The molecule has 0 fully saturated rings. The van der Waals surface area contributed by atoms with Crippen molar-refractivity contribution in [3.05, 3.63) is 46.5 Å². The summed E-state index contributed by atoms with van der Waals surface area (Å²) >= 11 is 0. The number of sulfonamides is 1. The Morgan fingerprint density at radius 3 is 2.50 bits per heavy atom. The molecule has 0 aliphatic carbocycles. The van der Waals surface area contributed by atoms with Crippen LogP contribution in [0.25, 0.3) is 0 Å². The van der Waals surface area contributed by atoms with Gasteiger partial charge < -0.3 is 0 Å². The number of hydrogen-bond acceptors (Lipinski definition) is 4. The fraction of sp³-hybridized carbons (Fsp3) is 0.111. The number of nitro benzene ring substituents is 1. The summed E-state index contributed by atoms with van der Waals surface area (Å²) < 4.78 is 51.3. The number of hydrogen-bond donors (Lipinski definition) is 1. The van der Waals surface area contributed by atoms with Gasteiger partial charge in [0, 0.05) is 18.7 Å². The van der Waals surface area contributed by atoms with Crippen molar-refractivity contribution in [2.75, 3.05) is 6.54 Å². The monoisotopic (exact) mass is 278 g/mol. The van der Waals surface area contributed by atoms with Gasteiger partial charge in [0.1, 0.15) is 10.7 Å². The standard InChI is InChI=1S/C9H8F2N2O4S/c1-2-3-12-18(16,17)9-5-8(13(14)15)6(10)4-7(9)11/h2,4-5,12H,1,3H2. The fourth-order valence-corrected chi connectivity index (χ4v) is 2.19. The molecule has 0 amide bonds. The summed E-state index contributed by atoms with van der Waals surface area (Å²) in [5.74, 6) is -2.85. The van der Waals surface area contributed by atoms with E-state index in [1.54, 1.807) is 0 Å². The largest absolute Gasteiger partial charge is 0.306 e. The highest BCUT2D eigenvalue weighted by molar-refractivity contribution is 7.89. The minimum absolute atomic E-state index is 0.153. The summed E-state index contributed by atoms with van der Waals surface area (Å²) in [6.07, 6.45) is 1.20. The molecule has 0 aliphatic rings. The third-order valence-electron chi connectivity index (χ3n) is 1.91. The maximum atomic E-state index is 13.3. The van der Waals surface area contributed by atoms with Crippen molar-refractivity contribution in [1.29, 1.82) is 0 Å². The molecule has 0 saturated carbocycles. The molecule has 0 heterocycles. The molecule has 0 unspecified atom stereocenters. The Kier molecular flexibility index (Phi) is 4.09. The highest BCUT2D eigenvalue weighted by Gasteiger charge is 2.25. The third kappa shape index (κ3) is 2.87. The second kappa shape index (κ2) is 5.19. The summed E-state index contributed by atoms with van der Waals surface area (Å²) in [6, 6.07) is 0.483. The molecule has 1 aromatic carbocycles. The number of rotatable bonds is 5. The molecule has 0 aliphatic heterocycles. The molecule has 0 radical (unpaired) electrons. The normalized spacial score (nSPS) is 11.2. The van der Waals surface area contributed by atoms with Crippen molar-refractivity contribution >= 4 is 15.7 Å². The Bertz CT molecular complexity index is 601. The fourth-order valence-electron chi connectivity index (χ4n) is 1.11. The molecule has 1 aromatic rings. The van der Waals surface area contributed by atoms with Crippen LogP contribution in [0.15, 0.2) is 29.7 Å². The van der Waals surface area contributed by atoms with Crippen molar-refractivity contribution in [1.82, 2.24) is 4.72 Å². The second-order valence-electron chi connectivity index (χ2n) is 3.13. The van der Waals surface area contributed by atoms with Crippen LogP contribution in [0.5, 0.6) is 0 Å². The van der Waals surface area contributed by atoms with Crippen LogP contribution in [0.1, 0.15) is 0 Å². The predicted octanol–water partition coefficient (Wildman–Crippen LogP) is 1.34. The molecule has 18 heavy (non-hydrogen) atoms. The van der Waals surface area contributed by atoms with Gasteiger partial charge >= 0.3 is 5.69 Å². The van der Waals surface area contributed by atoms with Crippen LogP contribution < -0.4 is 4.72 Å². The first-order valence-corrected chi connectivity index (χ1v) is 6.02. The average Bonchev–Trinajstić information content (AvgIpc) is 2.25. The summed E-state index contributed by atoms with van der Waals surface area (Å²) in [4.78, 5) is 8.31. The van der Waals surface area contributed by atoms with E-state index < -0.39 is 37.2 Å². The molecule has 0 aromatic heterocycles. The topological polar surface area (TPSA) is 89.3 Å². The van der Waals surface area contributed by atoms with Crippen LogP contribution in [0.3, 0.4) is 0 Å². The Morgan fingerprint density at radius 2 is 2.00 bits per heavy atom. The SMILES string of the molecule is C=CCNS(=O)(=O)c1cc([N+](=O)[O-])c(F)cc1F. The molecule has 98 valence electrons. The number of nitro groups is 1. The third-order valence-corrected chi connectivity index (χ3v) is 3.34. The van der Waals surface area contributed by atoms with Gasteiger partial charge in [-0.1, -0.05) is 6.08 Å². The quantitative estimate of drug-likeness (QED) is 0.500. The number of benzene rings is 1. The zero-order valence-electron chi connectivity index (χ0n) is 8.89. The van der Waals surface area contributed by atoms with Gasteiger partial charge in [-0.2, -0.15) is 4.39 Å². The Morgan fingerprint density at radius 1 is 1.39 bits per heavy atom. The first-order valence-electron chi connectivity index (χ1n) is 4.53. The smallest absolute Gasteiger partial charge is 0.258 e. The van der Waals surface area contributed by atoms with E-state index in [9.17, 15) is 27.3 Å². The Balaban J connectivity index is 3.37. The van der Waals surface area contributed by atoms with E-state index in [1.807, 2.05) is 4.72 Å². The van der Waals surface area contributed by atoms with Crippen LogP contribution in [0, 0.1) is 21.7 Å².